The summed E-state index contributed by atoms with van der Waals surface area (Å²) in [6.45, 7) is 2.69. The smallest absolute Gasteiger partial charge is 0.248 e. The SMILES string of the molecule is CC(=O)NC(C(=O)N1CCCC1)C(O)c1ccncc1.Cl. The first-order valence-electron chi connectivity index (χ1n) is 6.73. The number of amides is 2. The molecule has 2 atom stereocenters. The van der Waals surface area contributed by atoms with Crippen LogP contribution in [-0.4, -0.2) is 45.9 Å². The molecule has 6 nitrogen and oxygen atoms in total. The molecule has 1 aliphatic rings. The monoisotopic (exact) mass is 313 g/mol. The number of hydrogen-bond acceptors (Lipinski definition) is 4. The normalized spacial score (nSPS) is 16.8. The lowest BCUT2D eigenvalue weighted by atomic mass is 10.0. The van der Waals surface area contributed by atoms with Crippen molar-refractivity contribution < 1.29 is 14.7 Å². The highest BCUT2D eigenvalue weighted by molar-refractivity contribution is 5.87. The fraction of sp³-hybridized carbons (Fsp3) is 0.500. The largest absolute Gasteiger partial charge is 0.386 e. The number of rotatable bonds is 4. The maximum absolute atomic E-state index is 12.4. The minimum Gasteiger partial charge on any atom is -0.386 e. The molecule has 1 aliphatic heterocycles. The van der Waals surface area contributed by atoms with E-state index in [1.165, 1.54) is 6.92 Å². The van der Waals surface area contributed by atoms with Gasteiger partial charge < -0.3 is 15.3 Å². The molecule has 21 heavy (non-hydrogen) atoms. The zero-order valence-electron chi connectivity index (χ0n) is 11.9. The highest BCUT2D eigenvalue weighted by Crippen LogP contribution is 2.19. The van der Waals surface area contributed by atoms with E-state index in [0.717, 1.165) is 12.8 Å². The van der Waals surface area contributed by atoms with Crippen molar-refractivity contribution in [3.05, 3.63) is 30.1 Å². The van der Waals surface area contributed by atoms with Crippen molar-refractivity contribution in [3.63, 3.8) is 0 Å². The van der Waals surface area contributed by atoms with Crippen LogP contribution in [0.2, 0.25) is 0 Å². The predicted octanol–water partition coefficient (Wildman–Crippen LogP) is 0.664. The summed E-state index contributed by atoms with van der Waals surface area (Å²) in [4.78, 5) is 29.3. The van der Waals surface area contributed by atoms with Gasteiger partial charge in [0.15, 0.2) is 0 Å². The van der Waals surface area contributed by atoms with Crippen molar-refractivity contribution in [2.75, 3.05) is 13.1 Å². The highest BCUT2D eigenvalue weighted by Gasteiger charge is 2.33. The Morgan fingerprint density at radius 2 is 1.86 bits per heavy atom. The van der Waals surface area contributed by atoms with Crippen LogP contribution in [0, 0.1) is 0 Å². The molecule has 1 aromatic rings. The van der Waals surface area contributed by atoms with E-state index in [2.05, 4.69) is 10.3 Å². The number of aromatic nitrogens is 1. The number of nitrogens with zero attached hydrogens (tertiary/aromatic N) is 2. The van der Waals surface area contributed by atoms with Gasteiger partial charge in [-0.25, -0.2) is 0 Å². The van der Waals surface area contributed by atoms with Gasteiger partial charge in [0.1, 0.15) is 12.1 Å². The Morgan fingerprint density at radius 3 is 2.38 bits per heavy atom. The molecule has 0 aromatic carbocycles. The van der Waals surface area contributed by atoms with E-state index in [-0.39, 0.29) is 24.2 Å². The van der Waals surface area contributed by atoms with Gasteiger partial charge in [-0.3, -0.25) is 14.6 Å². The Bertz CT molecular complexity index is 478. The molecule has 0 radical (unpaired) electrons. The first-order chi connectivity index (χ1) is 9.59. The van der Waals surface area contributed by atoms with Gasteiger partial charge in [-0.2, -0.15) is 0 Å². The van der Waals surface area contributed by atoms with Gasteiger partial charge in [-0.15, -0.1) is 12.4 Å². The number of carbonyl (C=O) groups excluding carboxylic acids is 2. The van der Waals surface area contributed by atoms with Crippen molar-refractivity contribution in [2.45, 2.75) is 31.9 Å². The second kappa shape index (κ2) is 7.95. The molecular formula is C14H20ClN3O3. The van der Waals surface area contributed by atoms with Crippen LogP contribution in [0.25, 0.3) is 0 Å². The molecule has 0 saturated carbocycles. The first-order valence-corrected chi connectivity index (χ1v) is 6.73. The summed E-state index contributed by atoms with van der Waals surface area (Å²) in [5.74, 6) is -0.572. The Balaban J connectivity index is 0.00000220. The van der Waals surface area contributed by atoms with Crippen molar-refractivity contribution in [1.82, 2.24) is 15.2 Å². The molecule has 7 heteroatoms. The van der Waals surface area contributed by atoms with Crippen LogP contribution in [0.4, 0.5) is 0 Å². The summed E-state index contributed by atoms with van der Waals surface area (Å²) in [7, 11) is 0. The van der Waals surface area contributed by atoms with Gasteiger partial charge in [0, 0.05) is 32.4 Å². The van der Waals surface area contributed by atoms with Gasteiger partial charge in [0.25, 0.3) is 0 Å². The van der Waals surface area contributed by atoms with Gasteiger partial charge in [-0.05, 0) is 30.5 Å². The van der Waals surface area contributed by atoms with Crippen LogP contribution in [0.15, 0.2) is 24.5 Å². The zero-order valence-corrected chi connectivity index (χ0v) is 12.7. The second-order valence-electron chi connectivity index (χ2n) is 4.94. The molecule has 2 heterocycles. The summed E-state index contributed by atoms with van der Waals surface area (Å²) < 4.78 is 0. The summed E-state index contributed by atoms with van der Waals surface area (Å²) in [5.41, 5.74) is 0.561. The summed E-state index contributed by atoms with van der Waals surface area (Å²) in [5, 5.41) is 12.9. The molecule has 1 saturated heterocycles. The molecule has 2 amide bonds. The number of aliphatic hydroxyl groups is 1. The average molecular weight is 314 g/mol. The summed E-state index contributed by atoms with van der Waals surface area (Å²) >= 11 is 0. The van der Waals surface area contributed by atoms with Crippen molar-refractivity contribution in [2.24, 2.45) is 0 Å². The van der Waals surface area contributed by atoms with Gasteiger partial charge >= 0.3 is 0 Å². The van der Waals surface area contributed by atoms with E-state index < -0.39 is 12.1 Å². The lowest BCUT2D eigenvalue weighted by Crippen LogP contribution is -2.50. The van der Waals surface area contributed by atoms with E-state index in [9.17, 15) is 14.7 Å². The van der Waals surface area contributed by atoms with E-state index in [0.29, 0.717) is 18.7 Å². The van der Waals surface area contributed by atoms with Gasteiger partial charge in [0.2, 0.25) is 11.8 Å². The Kier molecular flexibility index (Phi) is 6.58. The van der Waals surface area contributed by atoms with E-state index in [1.807, 2.05) is 0 Å². The number of likely N-dealkylation sites (tertiary alicyclic amines) is 1. The Labute approximate surface area is 130 Å². The second-order valence-corrected chi connectivity index (χ2v) is 4.94. The molecular weight excluding hydrogens is 294 g/mol. The Morgan fingerprint density at radius 1 is 1.29 bits per heavy atom. The van der Waals surface area contributed by atoms with Crippen LogP contribution in [-0.2, 0) is 9.59 Å². The fourth-order valence-electron chi connectivity index (χ4n) is 2.38. The van der Waals surface area contributed by atoms with Crippen molar-refractivity contribution in [3.8, 4) is 0 Å². The van der Waals surface area contributed by atoms with Crippen LogP contribution in [0.3, 0.4) is 0 Å². The van der Waals surface area contributed by atoms with Crippen LogP contribution in [0.5, 0.6) is 0 Å². The maximum Gasteiger partial charge on any atom is 0.248 e. The lowest BCUT2D eigenvalue weighted by molar-refractivity contribution is -0.138. The number of hydrogen-bond donors (Lipinski definition) is 2. The maximum atomic E-state index is 12.4. The van der Waals surface area contributed by atoms with Gasteiger partial charge in [0.05, 0.1) is 0 Å². The summed E-state index contributed by atoms with van der Waals surface area (Å²) in [6.07, 6.45) is 3.94. The molecule has 2 rings (SSSR count). The number of aliphatic hydroxyl groups excluding tert-OH is 1. The molecule has 0 spiro atoms. The highest BCUT2D eigenvalue weighted by atomic mass is 35.5. The van der Waals surface area contributed by atoms with E-state index in [4.69, 9.17) is 0 Å². The van der Waals surface area contributed by atoms with Crippen LogP contribution in [0.1, 0.15) is 31.4 Å². The molecule has 0 bridgehead atoms. The predicted molar refractivity (Wildman–Crippen MR) is 79.9 cm³/mol. The summed E-state index contributed by atoms with van der Waals surface area (Å²) in [6, 6.07) is 2.32. The average Bonchev–Trinajstić information content (AvgIpc) is 2.98. The number of pyridine rings is 1. The minimum absolute atomic E-state index is 0. The fourth-order valence-corrected chi connectivity index (χ4v) is 2.38. The standard InChI is InChI=1S/C14H19N3O3.ClH/c1-10(18)16-12(14(20)17-8-2-3-9-17)13(19)11-4-6-15-7-5-11;/h4-7,12-13,19H,2-3,8-9H2,1H3,(H,16,18);1H. The third-order valence-electron chi connectivity index (χ3n) is 3.41. The molecule has 116 valence electrons. The number of halogens is 1. The first kappa shape index (κ1) is 17.4. The third kappa shape index (κ3) is 4.41. The lowest BCUT2D eigenvalue weighted by Gasteiger charge is -2.27. The van der Waals surface area contributed by atoms with E-state index >= 15 is 0 Å². The van der Waals surface area contributed by atoms with Crippen LogP contribution < -0.4 is 5.32 Å². The third-order valence-corrected chi connectivity index (χ3v) is 3.41. The number of carbonyl (C=O) groups is 2. The van der Waals surface area contributed by atoms with Crippen molar-refractivity contribution >= 4 is 24.2 Å². The minimum atomic E-state index is -1.07. The molecule has 2 N–H and O–H groups in total. The van der Waals surface area contributed by atoms with E-state index in [1.54, 1.807) is 29.4 Å². The van der Waals surface area contributed by atoms with Crippen molar-refractivity contribution in [1.29, 1.82) is 0 Å². The molecule has 1 fully saturated rings. The molecule has 2 unspecified atom stereocenters. The number of nitrogens with one attached hydrogen (secondary N) is 1. The quantitative estimate of drug-likeness (QED) is 0.855. The van der Waals surface area contributed by atoms with Crippen LogP contribution >= 0.6 is 12.4 Å². The molecule has 1 aromatic heterocycles. The molecule has 0 aliphatic carbocycles. The topological polar surface area (TPSA) is 82.5 Å². The van der Waals surface area contributed by atoms with Gasteiger partial charge in [-0.1, -0.05) is 0 Å². The Hall–Kier alpha value is -1.66. The zero-order chi connectivity index (χ0) is 14.5.